The summed E-state index contributed by atoms with van der Waals surface area (Å²) in [5, 5.41) is 17.7. The Morgan fingerprint density at radius 2 is 2.30 bits per heavy atom. The fourth-order valence-electron chi connectivity index (χ4n) is 1.37. The molecule has 0 saturated heterocycles. The molecule has 108 valence electrons. The number of thiophene rings is 1. The topological polar surface area (TPSA) is 146 Å². The molecule has 0 spiro atoms. The van der Waals surface area contributed by atoms with E-state index in [1.807, 2.05) is 0 Å². The van der Waals surface area contributed by atoms with Crippen LogP contribution in [0, 0.1) is 10.1 Å². The maximum absolute atomic E-state index is 11.9. The van der Waals surface area contributed by atoms with Crippen molar-refractivity contribution in [3.8, 4) is 0 Å². The van der Waals surface area contributed by atoms with E-state index in [-0.39, 0.29) is 15.8 Å². The molecule has 0 aliphatic carbocycles. The van der Waals surface area contributed by atoms with Crippen molar-refractivity contribution in [3.05, 3.63) is 28.6 Å². The predicted octanol–water partition coefficient (Wildman–Crippen LogP) is -0.192. The van der Waals surface area contributed by atoms with E-state index in [1.54, 1.807) is 6.20 Å². The highest BCUT2D eigenvalue weighted by atomic mass is 32.2. The molecule has 10 nitrogen and oxygen atoms in total. The van der Waals surface area contributed by atoms with Gasteiger partial charge in [0.05, 0.1) is 17.7 Å². The molecule has 20 heavy (non-hydrogen) atoms. The maximum atomic E-state index is 11.9. The van der Waals surface area contributed by atoms with Crippen LogP contribution in [-0.2, 0) is 16.6 Å². The number of aromatic nitrogens is 3. The molecule has 2 heterocycles. The predicted molar refractivity (Wildman–Crippen MR) is 70.6 cm³/mol. The van der Waals surface area contributed by atoms with E-state index in [2.05, 4.69) is 15.0 Å². The van der Waals surface area contributed by atoms with Crippen LogP contribution < -0.4 is 10.5 Å². The second-order valence-corrected chi connectivity index (χ2v) is 6.71. The van der Waals surface area contributed by atoms with Gasteiger partial charge in [0, 0.05) is 18.8 Å². The van der Waals surface area contributed by atoms with E-state index < -0.39 is 20.6 Å². The lowest BCUT2D eigenvalue weighted by Crippen LogP contribution is -2.27. The fourth-order valence-corrected chi connectivity index (χ4v) is 3.64. The fraction of sp³-hybridized carbons (Fsp3) is 0.250. The summed E-state index contributed by atoms with van der Waals surface area (Å²) in [4.78, 5) is 9.91. The Morgan fingerprint density at radius 3 is 2.85 bits per heavy atom. The van der Waals surface area contributed by atoms with Crippen LogP contribution in [0.3, 0.4) is 0 Å². The monoisotopic (exact) mass is 318 g/mol. The van der Waals surface area contributed by atoms with Gasteiger partial charge in [-0.3, -0.25) is 14.8 Å². The average molecular weight is 318 g/mol. The summed E-state index contributed by atoms with van der Waals surface area (Å²) in [6.07, 6.45) is 3.06. The average Bonchev–Trinajstić information content (AvgIpc) is 2.98. The van der Waals surface area contributed by atoms with Gasteiger partial charge in [-0.05, 0) is 0 Å². The van der Waals surface area contributed by atoms with Gasteiger partial charge in [0.15, 0.2) is 5.00 Å². The first kappa shape index (κ1) is 14.4. The molecule has 2 aromatic rings. The largest absolute Gasteiger partial charge is 0.385 e. The van der Waals surface area contributed by atoms with Crippen LogP contribution in [0.1, 0.15) is 0 Å². The van der Waals surface area contributed by atoms with E-state index >= 15 is 0 Å². The summed E-state index contributed by atoms with van der Waals surface area (Å²) < 4.78 is 27.4. The van der Waals surface area contributed by atoms with Crippen molar-refractivity contribution in [2.75, 3.05) is 12.3 Å². The third-order valence-electron chi connectivity index (χ3n) is 2.28. The summed E-state index contributed by atoms with van der Waals surface area (Å²) in [5.74, 6) is 0. The Labute approximate surface area is 117 Å². The number of nitrogens with zero attached hydrogens (tertiary/aromatic N) is 4. The van der Waals surface area contributed by atoms with Crippen LogP contribution in [0.15, 0.2) is 22.7 Å². The lowest BCUT2D eigenvalue weighted by atomic mass is 10.5. The third-order valence-corrected chi connectivity index (χ3v) is 5.17. The van der Waals surface area contributed by atoms with Crippen LogP contribution in [0.4, 0.5) is 10.7 Å². The quantitative estimate of drug-likeness (QED) is 0.554. The highest BCUT2D eigenvalue weighted by Crippen LogP contribution is 2.34. The minimum absolute atomic E-state index is 0.0807. The van der Waals surface area contributed by atoms with Crippen molar-refractivity contribution in [1.82, 2.24) is 19.7 Å². The molecule has 0 aromatic carbocycles. The molecule has 2 rings (SSSR count). The minimum Gasteiger partial charge on any atom is -0.385 e. The van der Waals surface area contributed by atoms with Gasteiger partial charge in [-0.1, -0.05) is 16.6 Å². The molecule has 0 aliphatic rings. The lowest BCUT2D eigenvalue weighted by Gasteiger charge is -2.03. The number of rotatable bonds is 6. The molecule has 0 fully saturated rings. The van der Waals surface area contributed by atoms with E-state index in [1.165, 1.54) is 10.9 Å². The Kier molecular flexibility index (Phi) is 3.96. The number of nitrogen functional groups attached to an aromatic ring is 1. The van der Waals surface area contributed by atoms with Gasteiger partial charge in [-0.15, -0.1) is 5.10 Å². The summed E-state index contributed by atoms with van der Waals surface area (Å²) in [5.41, 5.74) is 5.00. The second-order valence-electron chi connectivity index (χ2n) is 3.64. The van der Waals surface area contributed by atoms with Crippen LogP contribution in [0.5, 0.6) is 0 Å². The highest BCUT2D eigenvalue weighted by molar-refractivity contribution is 7.91. The molecule has 2 aromatic heterocycles. The van der Waals surface area contributed by atoms with Gasteiger partial charge in [0.1, 0.15) is 4.21 Å². The Hall–Kier alpha value is -2.05. The van der Waals surface area contributed by atoms with Crippen LogP contribution >= 0.6 is 11.3 Å². The number of nitro groups is 1. The molecular weight excluding hydrogens is 308 g/mol. The van der Waals surface area contributed by atoms with Crippen molar-refractivity contribution >= 4 is 32.0 Å². The van der Waals surface area contributed by atoms with Gasteiger partial charge in [0.25, 0.3) is 0 Å². The molecule has 0 bridgehead atoms. The normalized spacial score (nSPS) is 11.6. The van der Waals surface area contributed by atoms with Crippen molar-refractivity contribution in [2.24, 2.45) is 0 Å². The zero-order valence-electron chi connectivity index (χ0n) is 9.96. The SMILES string of the molecule is Nc1sc(S(=O)(=O)NCCn2ccnn2)cc1[N+](=O)[O-]. The zero-order chi connectivity index (χ0) is 14.8. The number of hydrogen-bond donors (Lipinski definition) is 2. The summed E-state index contributed by atoms with van der Waals surface area (Å²) >= 11 is 0.648. The number of anilines is 1. The number of hydrogen-bond acceptors (Lipinski definition) is 8. The molecule has 0 saturated carbocycles. The summed E-state index contributed by atoms with van der Waals surface area (Å²) in [7, 11) is -3.83. The Morgan fingerprint density at radius 1 is 1.55 bits per heavy atom. The second kappa shape index (κ2) is 5.52. The van der Waals surface area contributed by atoms with Crippen molar-refractivity contribution in [3.63, 3.8) is 0 Å². The van der Waals surface area contributed by atoms with E-state index in [4.69, 9.17) is 5.73 Å². The number of sulfonamides is 1. The number of nitrogens with two attached hydrogens (primary N) is 1. The molecule has 0 radical (unpaired) electrons. The lowest BCUT2D eigenvalue weighted by molar-refractivity contribution is -0.383. The van der Waals surface area contributed by atoms with Crippen LogP contribution in [0.25, 0.3) is 0 Å². The molecule has 0 atom stereocenters. The van der Waals surface area contributed by atoms with Gasteiger partial charge < -0.3 is 5.73 Å². The molecule has 0 amide bonds. The van der Waals surface area contributed by atoms with E-state index in [9.17, 15) is 18.5 Å². The highest BCUT2D eigenvalue weighted by Gasteiger charge is 2.24. The third kappa shape index (κ3) is 3.09. The first-order chi connectivity index (χ1) is 9.40. The first-order valence-electron chi connectivity index (χ1n) is 5.27. The van der Waals surface area contributed by atoms with Gasteiger partial charge in [-0.25, -0.2) is 13.1 Å². The van der Waals surface area contributed by atoms with Gasteiger partial charge in [-0.2, -0.15) is 0 Å². The summed E-state index contributed by atoms with van der Waals surface area (Å²) in [6, 6.07) is 0.942. The zero-order valence-corrected chi connectivity index (χ0v) is 11.6. The summed E-state index contributed by atoms with van der Waals surface area (Å²) in [6.45, 7) is 0.374. The van der Waals surface area contributed by atoms with Crippen molar-refractivity contribution < 1.29 is 13.3 Å². The maximum Gasteiger partial charge on any atom is 0.304 e. The van der Waals surface area contributed by atoms with Crippen LogP contribution in [0.2, 0.25) is 0 Å². The van der Waals surface area contributed by atoms with Crippen molar-refractivity contribution in [2.45, 2.75) is 10.8 Å². The van der Waals surface area contributed by atoms with Crippen molar-refractivity contribution in [1.29, 1.82) is 0 Å². The van der Waals surface area contributed by atoms with E-state index in [0.29, 0.717) is 17.9 Å². The Balaban J connectivity index is 2.06. The van der Waals surface area contributed by atoms with Crippen LogP contribution in [-0.4, -0.2) is 34.9 Å². The molecule has 12 heteroatoms. The van der Waals surface area contributed by atoms with Gasteiger partial charge in [0.2, 0.25) is 10.0 Å². The smallest absolute Gasteiger partial charge is 0.304 e. The first-order valence-corrected chi connectivity index (χ1v) is 7.57. The molecular formula is C8H10N6O4S2. The molecule has 3 N–H and O–H groups in total. The molecule has 0 unspecified atom stereocenters. The van der Waals surface area contributed by atoms with Gasteiger partial charge >= 0.3 is 5.69 Å². The Bertz CT molecular complexity index is 707. The van der Waals surface area contributed by atoms with E-state index in [0.717, 1.165) is 6.07 Å². The molecule has 0 aliphatic heterocycles. The number of nitrogens with one attached hydrogen (secondary N) is 1. The standard InChI is InChI=1S/C8H10N6O4S2/c9-8-6(14(15)16)5-7(19-8)20(17,18)11-2-4-13-3-1-10-12-13/h1,3,5,11H,2,4,9H2. The minimum atomic E-state index is -3.83.